The maximum Gasteiger partial charge on any atom is 0.119 e. The summed E-state index contributed by atoms with van der Waals surface area (Å²) in [7, 11) is 0. The molecular formula is C14H15BrN2O. The monoisotopic (exact) mass is 306 g/mol. The number of rotatable bonds is 5. The number of hydrogen-bond acceptors (Lipinski definition) is 3. The minimum absolute atomic E-state index is 0.0405. The second kappa shape index (κ2) is 6.52. The van der Waals surface area contributed by atoms with Crippen LogP contribution in [0.25, 0.3) is 0 Å². The van der Waals surface area contributed by atoms with E-state index in [1.54, 1.807) is 6.20 Å². The van der Waals surface area contributed by atoms with Gasteiger partial charge in [-0.15, -0.1) is 0 Å². The summed E-state index contributed by atoms with van der Waals surface area (Å²) >= 11 is 3.39. The molecule has 0 saturated heterocycles. The summed E-state index contributed by atoms with van der Waals surface area (Å²) < 4.78 is 6.58. The quantitative estimate of drug-likeness (QED) is 0.924. The van der Waals surface area contributed by atoms with Crippen LogP contribution in [0.15, 0.2) is 53.3 Å². The fraction of sp³-hybridized carbons (Fsp3) is 0.214. The van der Waals surface area contributed by atoms with Crippen LogP contribution in [0.4, 0.5) is 0 Å². The number of ether oxygens (including phenoxy) is 1. The molecule has 1 atom stereocenters. The SMILES string of the molecule is NC(COc1ccccc1)Cc1cncc(Br)c1. The first kappa shape index (κ1) is 13.1. The third-order valence-corrected chi connectivity index (χ3v) is 2.90. The van der Waals surface area contributed by atoms with E-state index in [9.17, 15) is 0 Å². The normalized spacial score (nSPS) is 12.1. The Morgan fingerprint density at radius 1 is 1.22 bits per heavy atom. The molecule has 0 amide bonds. The van der Waals surface area contributed by atoms with Gasteiger partial charge >= 0.3 is 0 Å². The van der Waals surface area contributed by atoms with Gasteiger partial charge in [-0.25, -0.2) is 0 Å². The zero-order valence-electron chi connectivity index (χ0n) is 9.92. The lowest BCUT2D eigenvalue weighted by Gasteiger charge is -2.13. The molecule has 0 aliphatic heterocycles. The maximum absolute atomic E-state index is 6.04. The molecule has 0 bridgehead atoms. The zero-order valence-corrected chi connectivity index (χ0v) is 11.5. The second-order valence-electron chi connectivity index (χ2n) is 4.10. The predicted octanol–water partition coefficient (Wildman–Crippen LogP) is 2.79. The molecular weight excluding hydrogens is 292 g/mol. The molecule has 3 nitrogen and oxygen atoms in total. The van der Waals surface area contributed by atoms with Crippen LogP contribution in [-0.2, 0) is 6.42 Å². The van der Waals surface area contributed by atoms with E-state index in [2.05, 4.69) is 20.9 Å². The number of aromatic nitrogens is 1. The van der Waals surface area contributed by atoms with Crippen LogP contribution in [0, 0.1) is 0 Å². The Labute approximate surface area is 115 Å². The van der Waals surface area contributed by atoms with Gasteiger partial charge in [0.1, 0.15) is 12.4 Å². The molecule has 2 N–H and O–H groups in total. The van der Waals surface area contributed by atoms with Crippen molar-refractivity contribution in [3.8, 4) is 5.75 Å². The fourth-order valence-electron chi connectivity index (χ4n) is 1.65. The molecule has 1 aromatic carbocycles. The molecule has 0 fully saturated rings. The van der Waals surface area contributed by atoms with Crippen LogP contribution >= 0.6 is 15.9 Å². The first-order valence-electron chi connectivity index (χ1n) is 5.77. The highest BCUT2D eigenvalue weighted by Crippen LogP contribution is 2.12. The minimum Gasteiger partial charge on any atom is -0.492 e. The number of hydrogen-bond donors (Lipinski definition) is 1. The van der Waals surface area contributed by atoms with Gasteiger partial charge in [-0.1, -0.05) is 18.2 Å². The van der Waals surface area contributed by atoms with Crippen LogP contribution in [0.3, 0.4) is 0 Å². The first-order valence-corrected chi connectivity index (χ1v) is 6.56. The Kier molecular flexibility index (Phi) is 4.73. The molecule has 94 valence electrons. The summed E-state index contributed by atoms with van der Waals surface area (Å²) in [5.41, 5.74) is 7.14. The minimum atomic E-state index is -0.0405. The Bertz CT molecular complexity index is 490. The molecule has 0 radical (unpaired) electrons. The summed E-state index contributed by atoms with van der Waals surface area (Å²) in [5.74, 6) is 0.848. The van der Waals surface area contributed by atoms with Gasteiger partial charge in [-0.05, 0) is 46.1 Å². The van der Waals surface area contributed by atoms with Crippen LogP contribution in [-0.4, -0.2) is 17.6 Å². The molecule has 4 heteroatoms. The molecule has 1 heterocycles. The molecule has 0 saturated carbocycles. The first-order chi connectivity index (χ1) is 8.74. The van der Waals surface area contributed by atoms with Crippen molar-refractivity contribution in [1.29, 1.82) is 0 Å². The van der Waals surface area contributed by atoms with Gasteiger partial charge in [0.25, 0.3) is 0 Å². The van der Waals surface area contributed by atoms with Crippen molar-refractivity contribution in [3.63, 3.8) is 0 Å². The van der Waals surface area contributed by atoms with Crippen LogP contribution < -0.4 is 10.5 Å². The Balaban J connectivity index is 1.84. The molecule has 2 aromatic rings. The van der Waals surface area contributed by atoms with Gasteiger partial charge in [0.05, 0.1) is 0 Å². The summed E-state index contributed by atoms with van der Waals surface area (Å²) in [6.45, 7) is 0.497. The summed E-state index contributed by atoms with van der Waals surface area (Å²) in [6, 6.07) is 11.7. The van der Waals surface area contributed by atoms with E-state index in [1.807, 2.05) is 42.6 Å². The summed E-state index contributed by atoms with van der Waals surface area (Å²) in [6.07, 6.45) is 4.34. The highest BCUT2D eigenvalue weighted by Gasteiger charge is 2.06. The highest BCUT2D eigenvalue weighted by atomic mass is 79.9. The van der Waals surface area contributed by atoms with E-state index in [1.165, 1.54) is 0 Å². The maximum atomic E-state index is 6.04. The average Bonchev–Trinajstić information content (AvgIpc) is 2.38. The predicted molar refractivity (Wildman–Crippen MR) is 75.6 cm³/mol. The number of pyridine rings is 1. The molecule has 1 unspecified atom stereocenters. The third kappa shape index (κ3) is 4.13. The van der Waals surface area contributed by atoms with Crippen molar-refractivity contribution < 1.29 is 4.74 Å². The van der Waals surface area contributed by atoms with Crippen molar-refractivity contribution in [2.24, 2.45) is 5.73 Å². The van der Waals surface area contributed by atoms with Crippen LogP contribution in [0.2, 0.25) is 0 Å². The van der Waals surface area contributed by atoms with Crippen molar-refractivity contribution in [2.75, 3.05) is 6.61 Å². The van der Waals surface area contributed by atoms with Crippen LogP contribution in [0.5, 0.6) is 5.75 Å². The van der Waals surface area contributed by atoms with E-state index < -0.39 is 0 Å². The fourth-order valence-corrected chi connectivity index (χ4v) is 2.06. The molecule has 2 rings (SSSR count). The number of nitrogens with two attached hydrogens (primary N) is 1. The summed E-state index contributed by atoms with van der Waals surface area (Å²) in [5, 5.41) is 0. The van der Waals surface area contributed by atoms with Gasteiger partial charge in [-0.3, -0.25) is 4.98 Å². The zero-order chi connectivity index (χ0) is 12.8. The lowest BCUT2D eigenvalue weighted by atomic mass is 10.1. The molecule has 0 spiro atoms. The number of halogens is 1. The van der Waals surface area contributed by atoms with E-state index >= 15 is 0 Å². The van der Waals surface area contributed by atoms with E-state index in [4.69, 9.17) is 10.5 Å². The highest BCUT2D eigenvalue weighted by molar-refractivity contribution is 9.10. The van der Waals surface area contributed by atoms with Gasteiger partial charge in [0, 0.05) is 22.9 Å². The molecule has 0 aliphatic carbocycles. The van der Waals surface area contributed by atoms with Crippen molar-refractivity contribution in [1.82, 2.24) is 4.98 Å². The van der Waals surface area contributed by atoms with Crippen molar-refractivity contribution in [2.45, 2.75) is 12.5 Å². The number of para-hydroxylation sites is 1. The van der Waals surface area contributed by atoms with Gasteiger partial charge in [0.15, 0.2) is 0 Å². The Hall–Kier alpha value is -1.39. The molecule has 1 aromatic heterocycles. The molecule has 18 heavy (non-hydrogen) atoms. The topological polar surface area (TPSA) is 48.1 Å². The Morgan fingerprint density at radius 3 is 2.72 bits per heavy atom. The van der Waals surface area contributed by atoms with Crippen molar-refractivity contribution >= 4 is 15.9 Å². The third-order valence-electron chi connectivity index (χ3n) is 2.47. The van der Waals surface area contributed by atoms with E-state index in [0.29, 0.717) is 6.61 Å². The second-order valence-corrected chi connectivity index (χ2v) is 5.02. The lowest BCUT2D eigenvalue weighted by Crippen LogP contribution is -2.30. The van der Waals surface area contributed by atoms with E-state index in [0.717, 1.165) is 22.2 Å². The number of benzene rings is 1. The average molecular weight is 307 g/mol. The van der Waals surface area contributed by atoms with Crippen molar-refractivity contribution in [3.05, 3.63) is 58.8 Å². The number of nitrogens with zero attached hydrogens (tertiary/aromatic N) is 1. The molecule has 0 aliphatic rings. The Morgan fingerprint density at radius 2 is 2.00 bits per heavy atom. The largest absolute Gasteiger partial charge is 0.492 e. The lowest BCUT2D eigenvalue weighted by molar-refractivity contribution is 0.287. The van der Waals surface area contributed by atoms with Gasteiger partial charge in [-0.2, -0.15) is 0 Å². The smallest absolute Gasteiger partial charge is 0.119 e. The van der Waals surface area contributed by atoms with Gasteiger partial charge < -0.3 is 10.5 Å². The standard InChI is InChI=1S/C14H15BrN2O/c15-12-6-11(8-17-9-12)7-13(16)10-18-14-4-2-1-3-5-14/h1-6,8-9,13H,7,10,16H2. The van der Waals surface area contributed by atoms with Gasteiger partial charge in [0.2, 0.25) is 0 Å². The van der Waals surface area contributed by atoms with Crippen LogP contribution in [0.1, 0.15) is 5.56 Å². The summed E-state index contributed by atoms with van der Waals surface area (Å²) in [4.78, 5) is 4.11. The van der Waals surface area contributed by atoms with E-state index in [-0.39, 0.29) is 6.04 Å².